The number of hydrogen-bond donors (Lipinski definition) is 3. The third-order valence-electron chi connectivity index (χ3n) is 2.45. The van der Waals surface area contributed by atoms with Gasteiger partial charge in [0.2, 0.25) is 10.0 Å². The van der Waals surface area contributed by atoms with Crippen LogP contribution >= 0.6 is 11.3 Å². The second-order valence-corrected chi connectivity index (χ2v) is 6.56. The Kier molecular flexibility index (Phi) is 4.02. The number of nitrogen functional groups attached to an aromatic ring is 1. The van der Waals surface area contributed by atoms with Crippen LogP contribution in [0, 0.1) is 0 Å². The number of hydrogen-bond acceptors (Lipinski definition) is 6. The highest BCUT2D eigenvalue weighted by molar-refractivity contribution is 7.89. The lowest BCUT2D eigenvalue weighted by atomic mass is 10.2. The Balaban J connectivity index is 2.33. The SMILES string of the molecule is Nc1ccc(C(=O)O)c(S(=O)(=O)NCc2cncs2)c1. The molecule has 0 spiro atoms. The summed E-state index contributed by atoms with van der Waals surface area (Å²) in [4.78, 5) is 15.3. The van der Waals surface area contributed by atoms with Crippen molar-refractivity contribution in [2.24, 2.45) is 0 Å². The molecule has 2 rings (SSSR count). The zero-order chi connectivity index (χ0) is 14.8. The molecule has 4 N–H and O–H groups in total. The molecule has 9 heteroatoms. The van der Waals surface area contributed by atoms with Gasteiger partial charge in [-0.25, -0.2) is 17.9 Å². The molecule has 0 saturated heterocycles. The summed E-state index contributed by atoms with van der Waals surface area (Å²) in [6, 6.07) is 3.63. The van der Waals surface area contributed by atoms with E-state index in [-0.39, 0.29) is 22.7 Å². The van der Waals surface area contributed by atoms with Crippen molar-refractivity contribution in [3.05, 3.63) is 40.3 Å². The van der Waals surface area contributed by atoms with Crippen LogP contribution in [-0.4, -0.2) is 24.5 Å². The van der Waals surface area contributed by atoms with Gasteiger partial charge in [-0.15, -0.1) is 11.3 Å². The summed E-state index contributed by atoms with van der Waals surface area (Å²) in [6.07, 6.45) is 1.53. The first-order valence-electron chi connectivity index (χ1n) is 5.40. The second-order valence-electron chi connectivity index (χ2n) is 3.85. The van der Waals surface area contributed by atoms with Gasteiger partial charge in [-0.1, -0.05) is 0 Å². The number of sulfonamides is 1. The van der Waals surface area contributed by atoms with Crippen LogP contribution in [0.25, 0.3) is 0 Å². The standard InChI is InChI=1S/C11H11N3O4S2/c12-7-1-2-9(11(15)16)10(3-7)20(17,18)14-5-8-4-13-6-19-8/h1-4,6,14H,5,12H2,(H,15,16). The van der Waals surface area contributed by atoms with E-state index in [9.17, 15) is 13.2 Å². The molecule has 0 atom stereocenters. The van der Waals surface area contributed by atoms with Gasteiger partial charge in [0.15, 0.2) is 0 Å². The van der Waals surface area contributed by atoms with Gasteiger partial charge in [-0.3, -0.25) is 4.98 Å². The monoisotopic (exact) mass is 313 g/mol. The topological polar surface area (TPSA) is 122 Å². The minimum Gasteiger partial charge on any atom is -0.478 e. The molecule has 1 heterocycles. The van der Waals surface area contributed by atoms with Gasteiger partial charge in [0.05, 0.1) is 16.0 Å². The molecular formula is C11H11N3O4S2. The number of carboxylic acid groups (broad SMARTS) is 1. The zero-order valence-corrected chi connectivity index (χ0v) is 11.7. The number of carboxylic acids is 1. The average molecular weight is 313 g/mol. The van der Waals surface area contributed by atoms with Crippen molar-refractivity contribution < 1.29 is 18.3 Å². The number of nitrogens with zero attached hydrogens (tertiary/aromatic N) is 1. The number of nitrogens with one attached hydrogen (secondary N) is 1. The summed E-state index contributed by atoms with van der Waals surface area (Å²) in [7, 11) is -3.97. The molecule has 0 bridgehead atoms. The number of aromatic carboxylic acids is 1. The van der Waals surface area contributed by atoms with Gasteiger partial charge in [0.25, 0.3) is 0 Å². The fourth-order valence-corrected chi connectivity index (χ4v) is 3.37. The Morgan fingerprint density at radius 3 is 2.80 bits per heavy atom. The average Bonchev–Trinajstić information content (AvgIpc) is 2.89. The van der Waals surface area contributed by atoms with Gasteiger partial charge in [-0.05, 0) is 18.2 Å². The number of carbonyl (C=O) groups is 1. The number of benzene rings is 1. The van der Waals surface area contributed by atoms with E-state index in [4.69, 9.17) is 10.8 Å². The summed E-state index contributed by atoms with van der Waals surface area (Å²) in [6.45, 7) is 0.0425. The number of aromatic nitrogens is 1. The quantitative estimate of drug-likeness (QED) is 0.705. The van der Waals surface area contributed by atoms with Crippen LogP contribution in [0.15, 0.2) is 34.8 Å². The normalized spacial score (nSPS) is 11.4. The molecule has 7 nitrogen and oxygen atoms in total. The third-order valence-corrected chi connectivity index (χ3v) is 4.67. The Morgan fingerprint density at radius 1 is 1.45 bits per heavy atom. The number of rotatable bonds is 5. The van der Waals surface area contributed by atoms with Gasteiger partial charge < -0.3 is 10.8 Å². The van der Waals surface area contributed by atoms with Crippen LogP contribution in [0.5, 0.6) is 0 Å². The lowest BCUT2D eigenvalue weighted by Crippen LogP contribution is -2.25. The van der Waals surface area contributed by atoms with Gasteiger partial charge in [-0.2, -0.15) is 0 Å². The maximum absolute atomic E-state index is 12.2. The molecule has 1 aromatic carbocycles. The zero-order valence-electron chi connectivity index (χ0n) is 10.1. The lowest BCUT2D eigenvalue weighted by Gasteiger charge is -2.09. The first-order valence-corrected chi connectivity index (χ1v) is 7.76. The lowest BCUT2D eigenvalue weighted by molar-refractivity contribution is 0.0692. The van der Waals surface area contributed by atoms with Crippen molar-refractivity contribution in [3.63, 3.8) is 0 Å². The van der Waals surface area contributed by atoms with Crippen LogP contribution < -0.4 is 10.5 Å². The minimum atomic E-state index is -3.97. The Morgan fingerprint density at radius 2 is 2.20 bits per heavy atom. The predicted octanol–water partition coefficient (Wildman–Crippen LogP) is 0.902. The third kappa shape index (κ3) is 3.13. The van der Waals surface area contributed by atoms with E-state index in [1.54, 1.807) is 5.51 Å². The van der Waals surface area contributed by atoms with Crippen LogP contribution in [0.4, 0.5) is 5.69 Å². The molecule has 2 aromatic rings. The van der Waals surface area contributed by atoms with Crippen molar-refractivity contribution in [2.45, 2.75) is 11.4 Å². The van der Waals surface area contributed by atoms with E-state index in [2.05, 4.69) is 9.71 Å². The molecule has 20 heavy (non-hydrogen) atoms. The highest BCUT2D eigenvalue weighted by Crippen LogP contribution is 2.19. The van der Waals surface area contributed by atoms with Crippen molar-refractivity contribution in [2.75, 3.05) is 5.73 Å². The molecule has 0 radical (unpaired) electrons. The first-order chi connectivity index (χ1) is 9.40. The van der Waals surface area contributed by atoms with Crippen molar-refractivity contribution in [3.8, 4) is 0 Å². The Hall–Kier alpha value is -1.97. The molecular weight excluding hydrogens is 302 g/mol. The Labute approximate surface area is 119 Å². The van der Waals surface area contributed by atoms with Gasteiger partial charge >= 0.3 is 5.97 Å². The first kappa shape index (κ1) is 14.4. The summed E-state index contributed by atoms with van der Waals surface area (Å²) < 4.78 is 26.6. The van der Waals surface area contributed by atoms with E-state index in [1.165, 1.54) is 29.7 Å². The van der Waals surface area contributed by atoms with E-state index in [1.807, 2.05) is 0 Å². The number of anilines is 1. The summed E-state index contributed by atoms with van der Waals surface area (Å²) in [5.41, 5.74) is 6.95. The molecule has 106 valence electrons. The molecule has 0 aliphatic heterocycles. The maximum Gasteiger partial charge on any atom is 0.337 e. The highest BCUT2D eigenvalue weighted by Gasteiger charge is 2.22. The van der Waals surface area contributed by atoms with E-state index in [0.717, 1.165) is 6.07 Å². The van der Waals surface area contributed by atoms with E-state index < -0.39 is 16.0 Å². The highest BCUT2D eigenvalue weighted by atomic mass is 32.2. The molecule has 1 aromatic heterocycles. The van der Waals surface area contributed by atoms with Crippen LogP contribution in [0.2, 0.25) is 0 Å². The molecule has 0 saturated carbocycles. The predicted molar refractivity (Wildman–Crippen MR) is 74.0 cm³/mol. The number of thiazole rings is 1. The second kappa shape index (κ2) is 5.57. The molecule has 0 unspecified atom stereocenters. The fraction of sp³-hybridized carbons (Fsp3) is 0.0909. The molecule has 0 amide bonds. The van der Waals surface area contributed by atoms with Gasteiger partial charge in [0.1, 0.15) is 0 Å². The smallest absolute Gasteiger partial charge is 0.337 e. The van der Waals surface area contributed by atoms with Gasteiger partial charge in [0, 0.05) is 23.3 Å². The summed E-state index contributed by atoms with van der Waals surface area (Å²) >= 11 is 1.29. The maximum atomic E-state index is 12.2. The van der Waals surface area contributed by atoms with Crippen LogP contribution in [0.1, 0.15) is 15.2 Å². The van der Waals surface area contributed by atoms with E-state index >= 15 is 0 Å². The minimum absolute atomic E-state index is 0.0425. The van der Waals surface area contributed by atoms with Crippen LogP contribution in [0.3, 0.4) is 0 Å². The Bertz CT molecular complexity index is 726. The summed E-state index contributed by atoms with van der Waals surface area (Å²) in [5.74, 6) is -1.33. The molecule has 0 fully saturated rings. The largest absolute Gasteiger partial charge is 0.478 e. The number of nitrogens with two attached hydrogens (primary N) is 1. The molecule has 0 aliphatic carbocycles. The fourth-order valence-electron chi connectivity index (χ4n) is 1.51. The van der Waals surface area contributed by atoms with Crippen molar-refractivity contribution in [1.82, 2.24) is 9.71 Å². The summed E-state index contributed by atoms with van der Waals surface area (Å²) in [5, 5.41) is 9.03. The van der Waals surface area contributed by atoms with Crippen molar-refractivity contribution in [1.29, 1.82) is 0 Å². The van der Waals surface area contributed by atoms with Crippen LogP contribution in [-0.2, 0) is 16.6 Å². The van der Waals surface area contributed by atoms with E-state index in [0.29, 0.717) is 4.88 Å². The molecule has 0 aliphatic rings. The van der Waals surface area contributed by atoms with Crippen molar-refractivity contribution >= 4 is 33.0 Å².